The Kier molecular flexibility index (Phi) is 5.22. The van der Waals surface area contributed by atoms with Crippen LogP contribution in [-0.4, -0.2) is 82.8 Å². The fourth-order valence-corrected chi connectivity index (χ4v) is 4.18. The Morgan fingerprint density at radius 3 is 2.70 bits per heavy atom. The largest absolute Gasteiger partial charge is 0.387 e. The van der Waals surface area contributed by atoms with Crippen molar-refractivity contribution in [1.29, 1.82) is 0 Å². The molecule has 23 heavy (non-hydrogen) atoms. The lowest BCUT2D eigenvalue weighted by Crippen LogP contribution is -2.55. The average molecular weight is 336 g/mol. The van der Waals surface area contributed by atoms with E-state index in [-0.39, 0.29) is 0 Å². The van der Waals surface area contributed by atoms with E-state index in [0.29, 0.717) is 6.54 Å². The summed E-state index contributed by atoms with van der Waals surface area (Å²) < 4.78 is 0. The van der Waals surface area contributed by atoms with Gasteiger partial charge in [-0.25, -0.2) is 9.97 Å². The monoisotopic (exact) mass is 336 g/mol. The van der Waals surface area contributed by atoms with Crippen molar-refractivity contribution >= 4 is 23.7 Å². The molecule has 2 fully saturated rings. The van der Waals surface area contributed by atoms with Crippen LogP contribution in [0.1, 0.15) is 6.42 Å². The van der Waals surface area contributed by atoms with Crippen LogP contribution < -0.4 is 10.2 Å². The molecule has 0 amide bonds. The Bertz CT molecular complexity index is 526. The highest BCUT2D eigenvalue weighted by Crippen LogP contribution is 2.27. The van der Waals surface area contributed by atoms with Gasteiger partial charge in [0, 0.05) is 57.9 Å². The molecule has 0 spiro atoms. The summed E-state index contributed by atoms with van der Waals surface area (Å²) in [6.07, 6.45) is 4.39. The van der Waals surface area contributed by atoms with Crippen molar-refractivity contribution in [2.75, 3.05) is 56.2 Å². The number of aromatic nitrogens is 2. The standard InChI is InChI=1S/C15H24N6OS/c1-16-13(19-11-15(22)3-10-23-12-15)20-6-8-21(9-7-20)14-17-4-2-5-18-14/h2,4-5,22H,3,6-12H2,1H3,(H,16,19). The quantitative estimate of drug-likeness (QED) is 0.596. The Labute approximate surface area is 141 Å². The van der Waals surface area contributed by atoms with Gasteiger partial charge in [0.2, 0.25) is 5.95 Å². The molecule has 1 aromatic rings. The fourth-order valence-electron chi connectivity index (χ4n) is 2.88. The average Bonchev–Trinajstić information content (AvgIpc) is 3.04. The molecule has 3 rings (SSSR count). The summed E-state index contributed by atoms with van der Waals surface area (Å²) in [5.41, 5.74) is -0.597. The van der Waals surface area contributed by atoms with Gasteiger partial charge in [0.1, 0.15) is 0 Å². The van der Waals surface area contributed by atoms with Gasteiger partial charge in [-0.15, -0.1) is 0 Å². The minimum atomic E-state index is -0.597. The van der Waals surface area contributed by atoms with E-state index in [0.717, 1.165) is 56.0 Å². The van der Waals surface area contributed by atoms with Gasteiger partial charge in [0.05, 0.1) is 5.60 Å². The van der Waals surface area contributed by atoms with E-state index in [1.807, 2.05) is 17.8 Å². The Morgan fingerprint density at radius 2 is 2.09 bits per heavy atom. The van der Waals surface area contributed by atoms with Crippen molar-refractivity contribution in [3.8, 4) is 0 Å². The lowest BCUT2D eigenvalue weighted by atomic mass is 10.0. The maximum atomic E-state index is 10.4. The van der Waals surface area contributed by atoms with E-state index in [4.69, 9.17) is 0 Å². The van der Waals surface area contributed by atoms with Gasteiger partial charge >= 0.3 is 0 Å². The maximum Gasteiger partial charge on any atom is 0.225 e. The van der Waals surface area contributed by atoms with E-state index >= 15 is 0 Å². The van der Waals surface area contributed by atoms with Crippen molar-refractivity contribution in [1.82, 2.24) is 20.2 Å². The minimum absolute atomic E-state index is 0.564. The molecule has 1 unspecified atom stereocenters. The molecule has 0 aromatic carbocycles. The second-order valence-corrected chi connectivity index (χ2v) is 7.06. The summed E-state index contributed by atoms with van der Waals surface area (Å²) in [5.74, 6) is 3.49. The second kappa shape index (κ2) is 7.35. The molecule has 1 atom stereocenters. The van der Waals surface area contributed by atoms with Gasteiger partial charge in [-0.1, -0.05) is 0 Å². The second-order valence-electron chi connectivity index (χ2n) is 5.95. The summed E-state index contributed by atoms with van der Waals surface area (Å²) in [7, 11) is 1.79. The third-order valence-electron chi connectivity index (χ3n) is 4.28. The molecule has 126 valence electrons. The normalized spacial score (nSPS) is 25.7. The van der Waals surface area contributed by atoms with Gasteiger partial charge in [0.25, 0.3) is 0 Å². The lowest BCUT2D eigenvalue weighted by Gasteiger charge is -2.37. The van der Waals surface area contributed by atoms with Crippen LogP contribution >= 0.6 is 11.8 Å². The predicted molar refractivity (Wildman–Crippen MR) is 94.1 cm³/mol. The van der Waals surface area contributed by atoms with Crippen LogP contribution in [0.25, 0.3) is 0 Å². The zero-order chi connectivity index (χ0) is 16.1. The number of aliphatic imine (C=N–C) groups is 1. The van der Waals surface area contributed by atoms with Crippen molar-refractivity contribution in [3.05, 3.63) is 18.5 Å². The summed E-state index contributed by atoms with van der Waals surface area (Å²) in [4.78, 5) is 17.4. The fraction of sp³-hybridized carbons (Fsp3) is 0.667. The SMILES string of the molecule is CN=C(NCC1(O)CCSC1)N1CCN(c2ncccn2)CC1. The van der Waals surface area contributed by atoms with E-state index in [2.05, 4.69) is 30.1 Å². The first kappa shape index (κ1) is 16.3. The third-order valence-corrected chi connectivity index (χ3v) is 5.52. The topological polar surface area (TPSA) is 76.9 Å². The minimum Gasteiger partial charge on any atom is -0.387 e. The smallest absolute Gasteiger partial charge is 0.225 e. The van der Waals surface area contributed by atoms with Crippen LogP contribution in [0.5, 0.6) is 0 Å². The van der Waals surface area contributed by atoms with Crippen LogP contribution in [0, 0.1) is 0 Å². The molecule has 1 aromatic heterocycles. The van der Waals surface area contributed by atoms with Crippen LogP contribution in [0.4, 0.5) is 5.95 Å². The van der Waals surface area contributed by atoms with E-state index in [1.54, 1.807) is 19.4 Å². The first-order valence-corrected chi connectivity index (χ1v) is 9.13. The van der Waals surface area contributed by atoms with Crippen molar-refractivity contribution < 1.29 is 5.11 Å². The number of anilines is 1. The lowest BCUT2D eigenvalue weighted by molar-refractivity contribution is 0.0716. The predicted octanol–water partition coefficient (Wildman–Crippen LogP) is 0.0420. The van der Waals surface area contributed by atoms with Gasteiger partial charge in [-0.05, 0) is 18.2 Å². The van der Waals surface area contributed by atoms with Gasteiger partial charge < -0.3 is 20.2 Å². The van der Waals surface area contributed by atoms with Crippen molar-refractivity contribution in [3.63, 3.8) is 0 Å². The number of hydrogen-bond acceptors (Lipinski definition) is 6. The zero-order valence-electron chi connectivity index (χ0n) is 13.5. The zero-order valence-corrected chi connectivity index (χ0v) is 14.3. The summed E-state index contributed by atoms with van der Waals surface area (Å²) in [6, 6.07) is 1.83. The molecule has 0 saturated carbocycles. The molecule has 8 heteroatoms. The number of rotatable bonds is 3. The Morgan fingerprint density at radius 1 is 1.35 bits per heavy atom. The van der Waals surface area contributed by atoms with Crippen LogP contribution in [0.2, 0.25) is 0 Å². The van der Waals surface area contributed by atoms with Gasteiger partial charge in [-0.2, -0.15) is 11.8 Å². The molecule has 2 aliphatic rings. The Hall–Kier alpha value is -1.54. The molecule has 0 radical (unpaired) electrons. The maximum absolute atomic E-state index is 10.4. The molecule has 7 nitrogen and oxygen atoms in total. The Balaban J connectivity index is 1.51. The number of hydrogen-bond donors (Lipinski definition) is 2. The molecule has 0 aliphatic carbocycles. The summed E-state index contributed by atoms with van der Waals surface area (Å²) in [5, 5.41) is 13.8. The first-order valence-electron chi connectivity index (χ1n) is 7.98. The number of nitrogens with zero attached hydrogens (tertiary/aromatic N) is 5. The highest BCUT2D eigenvalue weighted by molar-refractivity contribution is 7.99. The van der Waals surface area contributed by atoms with Crippen molar-refractivity contribution in [2.24, 2.45) is 4.99 Å². The van der Waals surface area contributed by atoms with Crippen molar-refractivity contribution in [2.45, 2.75) is 12.0 Å². The number of piperazine rings is 1. The highest BCUT2D eigenvalue weighted by atomic mass is 32.2. The summed E-state index contributed by atoms with van der Waals surface area (Å²) in [6.45, 7) is 4.03. The third kappa shape index (κ3) is 4.06. The van der Waals surface area contributed by atoms with E-state index in [1.165, 1.54) is 0 Å². The highest BCUT2D eigenvalue weighted by Gasteiger charge is 2.32. The number of thioether (sulfide) groups is 1. The molecular weight excluding hydrogens is 312 g/mol. The molecule has 0 bridgehead atoms. The number of nitrogens with one attached hydrogen (secondary N) is 1. The van der Waals surface area contributed by atoms with E-state index < -0.39 is 5.60 Å². The van der Waals surface area contributed by atoms with E-state index in [9.17, 15) is 5.11 Å². The van der Waals surface area contributed by atoms with Crippen LogP contribution in [-0.2, 0) is 0 Å². The molecule has 2 N–H and O–H groups in total. The molecular formula is C15H24N6OS. The molecule has 3 heterocycles. The van der Waals surface area contributed by atoms with Gasteiger partial charge in [0.15, 0.2) is 5.96 Å². The summed E-state index contributed by atoms with van der Waals surface area (Å²) >= 11 is 1.81. The van der Waals surface area contributed by atoms with Gasteiger partial charge in [-0.3, -0.25) is 4.99 Å². The first-order chi connectivity index (χ1) is 11.2. The van der Waals surface area contributed by atoms with Crippen LogP contribution in [0.15, 0.2) is 23.5 Å². The number of aliphatic hydroxyl groups is 1. The van der Waals surface area contributed by atoms with Crippen LogP contribution in [0.3, 0.4) is 0 Å². The molecule has 2 saturated heterocycles. The number of guanidine groups is 1. The molecule has 2 aliphatic heterocycles.